The maximum Gasteiger partial charge on any atom is 0.575 e. The summed E-state index contributed by atoms with van der Waals surface area (Å²) in [7, 11) is -1.49. The van der Waals surface area contributed by atoms with Crippen LogP contribution in [-0.4, -0.2) is 44.7 Å². The summed E-state index contributed by atoms with van der Waals surface area (Å²) in [4.78, 5) is 34.7. The van der Waals surface area contributed by atoms with E-state index in [-0.39, 0.29) is 28.9 Å². The SMILES string of the molecule is O=C(N=C1Cc2cccc(C(=O)O)c2OB1O)c1cnc2[nH]ccc2c1. The van der Waals surface area contributed by atoms with Gasteiger partial charge in [-0.2, -0.15) is 0 Å². The number of carbonyl (C=O) groups excluding carboxylic acids is 1. The topological polar surface area (TPSA) is 125 Å². The van der Waals surface area contributed by atoms with E-state index in [0.29, 0.717) is 11.2 Å². The third-order valence-electron chi connectivity index (χ3n) is 4.11. The molecule has 3 aromatic rings. The lowest BCUT2D eigenvalue weighted by molar-refractivity contribution is 0.0694. The fourth-order valence-corrected chi connectivity index (χ4v) is 2.84. The predicted octanol–water partition coefficient (Wildman–Crippen LogP) is 1.50. The Balaban J connectivity index is 1.66. The highest BCUT2D eigenvalue weighted by atomic mass is 16.5. The van der Waals surface area contributed by atoms with Crippen LogP contribution < -0.4 is 4.65 Å². The second kappa shape index (κ2) is 6.12. The van der Waals surface area contributed by atoms with Crippen molar-refractivity contribution >= 4 is 35.6 Å². The highest BCUT2D eigenvalue weighted by Gasteiger charge is 2.34. The van der Waals surface area contributed by atoms with E-state index in [1.165, 1.54) is 12.3 Å². The Morgan fingerprint density at radius 3 is 2.96 bits per heavy atom. The van der Waals surface area contributed by atoms with Crippen molar-refractivity contribution in [1.29, 1.82) is 0 Å². The second-order valence-corrected chi connectivity index (χ2v) is 5.79. The van der Waals surface area contributed by atoms with Crippen molar-refractivity contribution in [2.45, 2.75) is 6.42 Å². The highest BCUT2D eigenvalue weighted by molar-refractivity contribution is 6.82. The summed E-state index contributed by atoms with van der Waals surface area (Å²) in [5.41, 5.74) is 1.54. The van der Waals surface area contributed by atoms with Gasteiger partial charge in [-0.25, -0.2) is 14.8 Å². The molecule has 26 heavy (non-hydrogen) atoms. The van der Waals surface area contributed by atoms with Gasteiger partial charge in [0.2, 0.25) is 0 Å². The molecule has 0 atom stereocenters. The summed E-state index contributed by atoms with van der Waals surface area (Å²) in [5.74, 6) is -1.62. The van der Waals surface area contributed by atoms with Crippen LogP contribution in [-0.2, 0) is 6.42 Å². The summed E-state index contributed by atoms with van der Waals surface area (Å²) in [6.45, 7) is 0. The molecule has 128 valence electrons. The van der Waals surface area contributed by atoms with Gasteiger partial charge in [-0.3, -0.25) is 4.79 Å². The number of amides is 1. The number of aromatic amines is 1. The van der Waals surface area contributed by atoms with Crippen LogP contribution in [0.25, 0.3) is 11.0 Å². The summed E-state index contributed by atoms with van der Waals surface area (Å²) in [5, 5.41) is 20.1. The zero-order valence-electron chi connectivity index (χ0n) is 13.3. The zero-order chi connectivity index (χ0) is 18.3. The second-order valence-electron chi connectivity index (χ2n) is 5.79. The van der Waals surface area contributed by atoms with Crippen molar-refractivity contribution in [3.63, 3.8) is 0 Å². The Labute approximate surface area is 147 Å². The number of H-pyrrole nitrogens is 1. The number of nitrogens with one attached hydrogen (secondary N) is 1. The molecule has 9 heteroatoms. The minimum absolute atomic E-state index is 0.0472. The third-order valence-corrected chi connectivity index (χ3v) is 4.11. The lowest BCUT2D eigenvalue weighted by Gasteiger charge is -2.22. The van der Waals surface area contributed by atoms with Crippen LogP contribution in [0, 0.1) is 0 Å². The monoisotopic (exact) mass is 349 g/mol. The van der Waals surface area contributed by atoms with Crippen molar-refractivity contribution in [3.8, 4) is 5.75 Å². The van der Waals surface area contributed by atoms with Crippen molar-refractivity contribution in [1.82, 2.24) is 9.97 Å². The molecule has 0 fully saturated rings. The fourth-order valence-electron chi connectivity index (χ4n) is 2.84. The number of carboxylic acids is 1. The number of pyridine rings is 1. The van der Waals surface area contributed by atoms with Gasteiger partial charge in [-0.1, -0.05) is 12.1 Å². The maximum absolute atomic E-state index is 12.4. The molecule has 0 bridgehead atoms. The van der Waals surface area contributed by atoms with Crippen LogP contribution in [0.1, 0.15) is 26.3 Å². The molecule has 0 saturated heterocycles. The smallest absolute Gasteiger partial charge is 0.531 e. The Bertz CT molecular complexity index is 1080. The number of nitrogens with zero attached hydrogens (tertiary/aromatic N) is 2. The standard InChI is InChI=1S/C17H12BN3O5/c22-16(11-6-10-4-5-19-15(10)20-8-11)21-13-7-9-2-1-3-12(17(23)24)14(9)26-18(13)25/h1-6,8,25H,7H2,(H,19,20)(H,23,24). The van der Waals surface area contributed by atoms with E-state index in [0.717, 1.165) is 5.39 Å². The van der Waals surface area contributed by atoms with Crippen LogP contribution >= 0.6 is 0 Å². The maximum atomic E-state index is 12.4. The van der Waals surface area contributed by atoms with Gasteiger partial charge in [0.15, 0.2) is 0 Å². The number of carbonyl (C=O) groups is 2. The molecule has 1 amide bonds. The van der Waals surface area contributed by atoms with Crippen molar-refractivity contribution in [2.24, 2.45) is 4.99 Å². The number of benzene rings is 1. The summed E-state index contributed by atoms with van der Waals surface area (Å²) in [6.07, 6.45) is 3.23. The Kier molecular flexibility index (Phi) is 3.78. The van der Waals surface area contributed by atoms with Gasteiger partial charge >= 0.3 is 13.1 Å². The number of hydrogen-bond donors (Lipinski definition) is 3. The molecule has 0 radical (unpaired) electrons. The van der Waals surface area contributed by atoms with Crippen molar-refractivity contribution in [3.05, 3.63) is 59.4 Å². The third kappa shape index (κ3) is 2.74. The molecule has 3 heterocycles. The van der Waals surface area contributed by atoms with E-state index in [1.54, 1.807) is 30.5 Å². The van der Waals surface area contributed by atoms with Crippen molar-refractivity contribution in [2.75, 3.05) is 0 Å². The number of para-hydroxylation sites is 1. The summed E-state index contributed by atoms with van der Waals surface area (Å²) < 4.78 is 5.30. The molecular formula is C17H12BN3O5. The van der Waals surface area contributed by atoms with Crippen LogP contribution in [0.5, 0.6) is 5.75 Å². The van der Waals surface area contributed by atoms with Gasteiger partial charge < -0.3 is 19.8 Å². The van der Waals surface area contributed by atoms with E-state index in [1.807, 2.05) is 0 Å². The number of rotatable bonds is 2. The molecule has 0 spiro atoms. The Morgan fingerprint density at radius 1 is 1.31 bits per heavy atom. The quantitative estimate of drug-likeness (QED) is 0.602. The van der Waals surface area contributed by atoms with Crippen LogP contribution in [0.15, 0.2) is 47.7 Å². The van der Waals surface area contributed by atoms with Gasteiger partial charge in [-0.05, 0) is 23.8 Å². The number of aromatic nitrogens is 2. The molecule has 8 nitrogen and oxygen atoms in total. The van der Waals surface area contributed by atoms with Crippen LogP contribution in [0.2, 0.25) is 0 Å². The molecule has 0 saturated carbocycles. The number of hydrogen-bond acceptors (Lipinski definition) is 5. The number of fused-ring (bicyclic) bond motifs is 2. The average molecular weight is 349 g/mol. The van der Waals surface area contributed by atoms with Crippen molar-refractivity contribution < 1.29 is 24.4 Å². The number of aliphatic imine (C=N–C) groups is 1. The predicted molar refractivity (Wildman–Crippen MR) is 93.6 cm³/mol. The lowest BCUT2D eigenvalue weighted by atomic mass is 9.75. The molecular weight excluding hydrogens is 337 g/mol. The van der Waals surface area contributed by atoms with Gasteiger partial charge in [0, 0.05) is 24.2 Å². The van der Waals surface area contributed by atoms with Gasteiger partial charge in [0.05, 0.1) is 16.7 Å². The van der Waals surface area contributed by atoms with Gasteiger partial charge in [0.25, 0.3) is 5.91 Å². The lowest BCUT2D eigenvalue weighted by Crippen LogP contribution is -2.39. The zero-order valence-corrected chi connectivity index (χ0v) is 13.3. The molecule has 1 aromatic carbocycles. The normalized spacial score (nSPS) is 15.0. The van der Waals surface area contributed by atoms with E-state index in [9.17, 15) is 19.7 Å². The fraction of sp³-hybridized carbons (Fsp3) is 0.0588. The first-order valence-corrected chi connectivity index (χ1v) is 7.78. The first kappa shape index (κ1) is 16.0. The first-order valence-electron chi connectivity index (χ1n) is 7.78. The molecule has 1 aliphatic rings. The Morgan fingerprint density at radius 2 is 2.15 bits per heavy atom. The minimum Gasteiger partial charge on any atom is -0.531 e. The van der Waals surface area contributed by atoms with Crippen LogP contribution in [0.3, 0.4) is 0 Å². The van der Waals surface area contributed by atoms with E-state index in [2.05, 4.69) is 15.0 Å². The highest BCUT2D eigenvalue weighted by Crippen LogP contribution is 2.29. The van der Waals surface area contributed by atoms with E-state index in [4.69, 9.17) is 4.65 Å². The molecule has 2 aromatic heterocycles. The van der Waals surface area contributed by atoms with Gasteiger partial charge in [0.1, 0.15) is 11.4 Å². The minimum atomic E-state index is -1.49. The van der Waals surface area contributed by atoms with E-state index >= 15 is 0 Å². The number of carboxylic acid groups (broad SMARTS) is 1. The number of aromatic carboxylic acids is 1. The molecule has 1 aliphatic heterocycles. The summed E-state index contributed by atoms with van der Waals surface area (Å²) in [6, 6.07) is 8.07. The van der Waals surface area contributed by atoms with Crippen LogP contribution in [0.4, 0.5) is 0 Å². The average Bonchev–Trinajstić information content (AvgIpc) is 3.09. The molecule has 0 aliphatic carbocycles. The summed E-state index contributed by atoms with van der Waals surface area (Å²) >= 11 is 0. The molecule has 4 rings (SSSR count). The Hall–Kier alpha value is -3.46. The molecule has 3 N–H and O–H groups in total. The van der Waals surface area contributed by atoms with Gasteiger partial charge in [-0.15, -0.1) is 0 Å². The first-order chi connectivity index (χ1) is 12.5. The largest absolute Gasteiger partial charge is 0.575 e. The molecule has 0 unspecified atom stereocenters. The van der Waals surface area contributed by atoms with E-state index < -0.39 is 19.0 Å².